The van der Waals surface area contributed by atoms with Gasteiger partial charge in [-0.15, -0.1) is 24.0 Å². The number of guanidine groups is 1. The SMILES string of the molecule is CCNC(=NCc1cccc(S(=O)(=O)NC)c1)N1CC2CCCCC2C1.I. The lowest BCUT2D eigenvalue weighted by Gasteiger charge is -2.22. The molecular weight excluding hydrogens is 475 g/mol. The summed E-state index contributed by atoms with van der Waals surface area (Å²) >= 11 is 0. The Labute approximate surface area is 180 Å². The molecule has 0 aromatic heterocycles. The fourth-order valence-corrected chi connectivity index (χ4v) is 4.90. The molecule has 2 unspecified atom stereocenters. The van der Waals surface area contributed by atoms with Crippen molar-refractivity contribution in [3.8, 4) is 0 Å². The van der Waals surface area contributed by atoms with E-state index in [1.54, 1.807) is 18.2 Å². The van der Waals surface area contributed by atoms with Crippen LogP contribution in [0.3, 0.4) is 0 Å². The molecule has 152 valence electrons. The molecule has 0 spiro atoms. The van der Waals surface area contributed by atoms with Crippen molar-refractivity contribution in [1.82, 2.24) is 14.9 Å². The van der Waals surface area contributed by atoms with Gasteiger partial charge in [-0.1, -0.05) is 25.0 Å². The quantitative estimate of drug-likeness (QED) is 0.366. The number of hydrogen-bond donors (Lipinski definition) is 2. The van der Waals surface area contributed by atoms with Crippen LogP contribution < -0.4 is 10.0 Å². The summed E-state index contributed by atoms with van der Waals surface area (Å²) in [4.78, 5) is 7.46. The number of nitrogens with one attached hydrogen (secondary N) is 2. The van der Waals surface area contributed by atoms with Gasteiger partial charge < -0.3 is 10.2 Å². The molecule has 27 heavy (non-hydrogen) atoms. The highest BCUT2D eigenvalue weighted by molar-refractivity contribution is 14.0. The van der Waals surface area contributed by atoms with Crippen molar-refractivity contribution in [2.75, 3.05) is 26.7 Å². The highest BCUT2D eigenvalue weighted by atomic mass is 127. The van der Waals surface area contributed by atoms with Gasteiger partial charge in [0, 0.05) is 19.6 Å². The van der Waals surface area contributed by atoms with Gasteiger partial charge in [-0.3, -0.25) is 0 Å². The number of fused-ring (bicyclic) bond motifs is 1. The summed E-state index contributed by atoms with van der Waals surface area (Å²) < 4.78 is 26.3. The molecule has 1 aliphatic heterocycles. The average Bonchev–Trinajstić information content (AvgIpc) is 3.09. The minimum atomic E-state index is -3.42. The van der Waals surface area contributed by atoms with E-state index in [9.17, 15) is 8.42 Å². The Morgan fingerprint density at radius 3 is 2.48 bits per heavy atom. The lowest BCUT2D eigenvalue weighted by atomic mass is 9.82. The topological polar surface area (TPSA) is 73.8 Å². The number of likely N-dealkylation sites (tertiary alicyclic amines) is 1. The molecule has 6 nitrogen and oxygen atoms in total. The third-order valence-corrected chi connectivity index (χ3v) is 6.91. The minimum absolute atomic E-state index is 0. The van der Waals surface area contributed by atoms with E-state index < -0.39 is 10.0 Å². The van der Waals surface area contributed by atoms with Crippen LogP contribution in [0.4, 0.5) is 0 Å². The molecule has 0 bridgehead atoms. The first kappa shape index (κ1) is 22.4. The van der Waals surface area contributed by atoms with Crippen LogP contribution in [-0.4, -0.2) is 46.0 Å². The van der Waals surface area contributed by atoms with E-state index in [0.717, 1.165) is 43.0 Å². The zero-order chi connectivity index (χ0) is 18.6. The van der Waals surface area contributed by atoms with Crippen LogP contribution >= 0.6 is 24.0 Å². The molecule has 0 amide bonds. The highest BCUT2D eigenvalue weighted by Crippen LogP contribution is 2.36. The number of aliphatic imine (C=N–C) groups is 1. The second-order valence-corrected chi connectivity index (χ2v) is 9.12. The van der Waals surface area contributed by atoms with Crippen LogP contribution in [0.25, 0.3) is 0 Å². The van der Waals surface area contributed by atoms with Gasteiger partial charge in [0.05, 0.1) is 11.4 Å². The molecule has 2 fully saturated rings. The summed E-state index contributed by atoms with van der Waals surface area (Å²) in [5, 5.41) is 3.41. The summed E-state index contributed by atoms with van der Waals surface area (Å²) in [6.45, 7) is 5.56. The Balaban J connectivity index is 0.00000261. The number of benzene rings is 1. The Morgan fingerprint density at radius 2 is 1.89 bits per heavy atom. The van der Waals surface area contributed by atoms with Gasteiger partial charge in [-0.2, -0.15) is 0 Å². The Hall–Kier alpha value is -0.870. The fourth-order valence-electron chi connectivity index (χ4n) is 4.10. The molecule has 0 radical (unpaired) electrons. The lowest BCUT2D eigenvalue weighted by Crippen LogP contribution is -2.40. The van der Waals surface area contributed by atoms with E-state index in [-0.39, 0.29) is 28.9 Å². The standard InChI is InChI=1S/C19H30N4O2S.HI/c1-3-21-19(23-13-16-8-4-5-9-17(16)14-23)22-12-15-7-6-10-18(11-15)26(24,25)20-2;/h6-7,10-11,16-17,20H,3-5,8-9,12-14H2,1-2H3,(H,21,22);1H. The van der Waals surface area contributed by atoms with Gasteiger partial charge >= 0.3 is 0 Å². The Kier molecular flexibility index (Phi) is 8.36. The molecule has 1 aromatic carbocycles. The van der Waals surface area contributed by atoms with Crippen molar-refractivity contribution < 1.29 is 8.42 Å². The van der Waals surface area contributed by atoms with Crippen LogP contribution in [0.2, 0.25) is 0 Å². The molecule has 3 rings (SSSR count). The van der Waals surface area contributed by atoms with Crippen molar-refractivity contribution >= 4 is 40.0 Å². The number of sulfonamides is 1. The van der Waals surface area contributed by atoms with Gasteiger partial charge in [-0.25, -0.2) is 18.1 Å². The molecular formula is C19H31IN4O2S. The summed E-state index contributed by atoms with van der Waals surface area (Å²) in [6, 6.07) is 7.00. The van der Waals surface area contributed by atoms with E-state index in [0.29, 0.717) is 6.54 Å². The molecule has 8 heteroatoms. The first-order chi connectivity index (χ1) is 12.5. The van der Waals surface area contributed by atoms with Crippen LogP contribution in [-0.2, 0) is 16.6 Å². The lowest BCUT2D eigenvalue weighted by molar-refractivity contribution is 0.299. The van der Waals surface area contributed by atoms with Gasteiger partial charge in [0.15, 0.2) is 5.96 Å². The van der Waals surface area contributed by atoms with Crippen molar-refractivity contribution in [1.29, 1.82) is 0 Å². The second kappa shape index (κ2) is 10.1. The van der Waals surface area contributed by atoms with Gasteiger partial charge in [0.1, 0.15) is 0 Å². The molecule has 2 N–H and O–H groups in total. The third kappa shape index (κ3) is 5.57. The smallest absolute Gasteiger partial charge is 0.240 e. The monoisotopic (exact) mass is 506 g/mol. The largest absolute Gasteiger partial charge is 0.357 e. The summed E-state index contributed by atoms with van der Waals surface area (Å²) in [7, 11) is -2.00. The van der Waals surface area contributed by atoms with Crippen LogP contribution in [0.15, 0.2) is 34.2 Å². The summed E-state index contributed by atoms with van der Waals surface area (Å²) in [5.41, 5.74) is 0.897. The highest BCUT2D eigenvalue weighted by Gasteiger charge is 2.35. The van der Waals surface area contributed by atoms with Crippen molar-refractivity contribution in [2.24, 2.45) is 16.8 Å². The normalized spacial score (nSPS) is 22.9. The van der Waals surface area contributed by atoms with E-state index >= 15 is 0 Å². The van der Waals surface area contributed by atoms with Crippen molar-refractivity contribution in [2.45, 2.75) is 44.0 Å². The van der Waals surface area contributed by atoms with Crippen LogP contribution in [0.5, 0.6) is 0 Å². The third-order valence-electron chi connectivity index (χ3n) is 5.50. The zero-order valence-electron chi connectivity index (χ0n) is 16.1. The maximum atomic E-state index is 12.0. The predicted molar refractivity (Wildman–Crippen MR) is 120 cm³/mol. The van der Waals surface area contributed by atoms with Gasteiger partial charge in [0.25, 0.3) is 0 Å². The first-order valence-electron chi connectivity index (χ1n) is 9.59. The maximum absolute atomic E-state index is 12.0. The van der Waals surface area contributed by atoms with E-state index in [4.69, 9.17) is 4.99 Å². The molecule has 1 saturated carbocycles. The fraction of sp³-hybridized carbons (Fsp3) is 0.632. The average molecular weight is 506 g/mol. The number of hydrogen-bond acceptors (Lipinski definition) is 3. The molecule has 2 atom stereocenters. The van der Waals surface area contributed by atoms with Gasteiger partial charge in [-0.05, 0) is 56.3 Å². The van der Waals surface area contributed by atoms with Crippen LogP contribution in [0.1, 0.15) is 38.2 Å². The predicted octanol–water partition coefficient (Wildman–Crippen LogP) is 2.80. The molecule has 1 aliphatic carbocycles. The molecule has 1 saturated heterocycles. The number of halogens is 1. The summed E-state index contributed by atoms with van der Waals surface area (Å²) in [6.07, 6.45) is 5.39. The van der Waals surface area contributed by atoms with E-state index in [1.165, 1.54) is 32.7 Å². The van der Waals surface area contributed by atoms with Gasteiger partial charge in [0.2, 0.25) is 10.0 Å². The zero-order valence-corrected chi connectivity index (χ0v) is 19.3. The van der Waals surface area contributed by atoms with E-state index in [2.05, 4.69) is 21.9 Å². The molecule has 1 heterocycles. The second-order valence-electron chi connectivity index (χ2n) is 7.23. The summed E-state index contributed by atoms with van der Waals surface area (Å²) in [5.74, 6) is 2.55. The van der Waals surface area contributed by atoms with E-state index in [1.807, 2.05) is 6.07 Å². The number of nitrogens with zero attached hydrogens (tertiary/aromatic N) is 2. The Bertz CT molecular complexity index is 740. The van der Waals surface area contributed by atoms with Crippen LogP contribution in [0, 0.1) is 11.8 Å². The van der Waals surface area contributed by atoms with Crippen molar-refractivity contribution in [3.05, 3.63) is 29.8 Å². The maximum Gasteiger partial charge on any atom is 0.240 e. The van der Waals surface area contributed by atoms with Crippen molar-refractivity contribution in [3.63, 3.8) is 0 Å². The Morgan fingerprint density at radius 1 is 1.22 bits per heavy atom. The minimum Gasteiger partial charge on any atom is -0.357 e. The first-order valence-corrected chi connectivity index (χ1v) is 11.1. The molecule has 2 aliphatic rings. The molecule has 1 aromatic rings. The number of rotatable bonds is 5.